The van der Waals surface area contributed by atoms with Crippen LogP contribution in [0.1, 0.15) is 34.1 Å². The maximum Gasteiger partial charge on any atom is 0.230 e. The Hall–Kier alpha value is -0.900. The van der Waals surface area contributed by atoms with Crippen molar-refractivity contribution in [3.8, 4) is 0 Å². The summed E-state index contributed by atoms with van der Waals surface area (Å²) < 4.78 is 5.42. The molecule has 1 aliphatic rings. The first kappa shape index (κ1) is 13.2. The van der Waals surface area contributed by atoms with Gasteiger partial charge in [0.15, 0.2) is 0 Å². The van der Waals surface area contributed by atoms with E-state index >= 15 is 0 Å². The van der Waals surface area contributed by atoms with Gasteiger partial charge in [-0.05, 0) is 12.8 Å². The molecular formula is C12H21NO3. The van der Waals surface area contributed by atoms with Gasteiger partial charge in [-0.1, -0.05) is 20.8 Å². The molecule has 4 heteroatoms. The molecule has 4 nitrogen and oxygen atoms in total. The fourth-order valence-corrected chi connectivity index (χ4v) is 2.64. The van der Waals surface area contributed by atoms with Crippen LogP contribution in [0, 0.1) is 17.3 Å². The third-order valence-corrected chi connectivity index (χ3v) is 3.16. The van der Waals surface area contributed by atoms with Gasteiger partial charge in [0, 0.05) is 24.4 Å². The van der Waals surface area contributed by atoms with Crippen molar-refractivity contribution in [1.29, 1.82) is 0 Å². The van der Waals surface area contributed by atoms with Gasteiger partial charge in [-0.2, -0.15) is 0 Å². The van der Waals surface area contributed by atoms with Gasteiger partial charge < -0.3 is 4.74 Å². The first-order valence-corrected chi connectivity index (χ1v) is 5.82. The van der Waals surface area contributed by atoms with Crippen LogP contribution in [0.2, 0.25) is 0 Å². The summed E-state index contributed by atoms with van der Waals surface area (Å²) in [5.74, 6) is -0.298. The summed E-state index contributed by atoms with van der Waals surface area (Å²) in [4.78, 5) is 23.3. The zero-order valence-corrected chi connectivity index (χ0v) is 10.5. The fraction of sp³-hybridized carbons (Fsp3) is 0.833. The summed E-state index contributed by atoms with van der Waals surface area (Å²) in [6, 6.07) is 0. The highest BCUT2D eigenvalue weighted by Gasteiger charge is 2.46. The monoisotopic (exact) mass is 227 g/mol. The van der Waals surface area contributed by atoms with Crippen molar-refractivity contribution < 1.29 is 14.3 Å². The Morgan fingerprint density at radius 2 is 2.12 bits per heavy atom. The van der Waals surface area contributed by atoms with Crippen molar-refractivity contribution in [2.75, 3.05) is 13.2 Å². The molecule has 92 valence electrons. The molecular weight excluding hydrogens is 206 g/mol. The summed E-state index contributed by atoms with van der Waals surface area (Å²) in [5, 5.41) is 2.41. The molecule has 0 aliphatic carbocycles. The van der Waals surface area contributed by atoms with E-state index < -0.39 is 0 Å². The molecule has 0 radical (unpaired) electrons. The molecule has 1 N–H and O–H groups in total. The van der Waals surface area contributed by atoms with Gasteiger partial charge in [-0.25, -0.2) is 0 Å². The van der Waals surface area contributed by atoms with Crippen LogP contribution in [0.4, 0.5) is 0 Å². The van der Waals surface area contributed by atoms with E-state index in [0.717, 1.165) is 0 Å². The topological polar surface area (TPSA) is 55.4 Å². The van der Waals surface area contributed by atoms with E-state index in [2.05, 4.69) is 5.32 Å². The Balaban J connectivity index is 2.89. The number of amides is 2. The SMILES string of the molecule is CCOCC1(C)CC(=O)NC(=O)C1C(C)C. The summed E-state index contributed by atoms with van der Waals surface area (Å²) in [6.45, 7) is 8.96. The van der Waals surface area contributed by atoms with Crippen molar-refractivity contribution in [3.05, 3.63) is 0 Å². The minimum absolute atomic E-state index is 0.156. The summed E-state index contributed by atoms with van der Waals surface area (Å²) >= 11 is 0. The summed E-state index contributed by atoms with van der Waals surface area (Å²) in [6.07, 6.45) is 0.363. The smallest absolute Gasteiger partial charge is 0.230 e. The standard InChI is InChI=1S/C12H21NO3/c1-5-16-7-12(4)6-9(14)13-11(15)10(12)8(2)3/h8,10H,5-7H2,1-4H3,(H,13,14,15). The lowest BCUT2D eigenvalue weighted by Crippen LogP contribution is -2.54. The molecule has 0 saturated carbocycles. The van der Waals surface area contributed by atoms with Crippen LogP contribution in [0.3, 0.4) is 0 Å². The zero-order valence-electron chi connectivity index (χ0n) is 10.5. The molecule has 1 saturated heterocycles. The number of carbonyl (C=O) groups excluding carboxylic acids is 2. The van der Waals surface area contributed by atoms with E-state index in [4.69, 9.17) is 4.74 Å². The van der Waals surface area contributed by atoms with Crippen LogP contribution >= 0.6 is 0 Å². The first-order chi connectivity index (χ1) is 7.40. The lowest BCUT2D eigenvalue weighted by molar-refractivity contribution is -0.148. The van der Waals surface area contributed by atoms with Crippen LogP contribution in [0.15, 0.2) is 0 Å². The maximum atomic E-state index is 11.8. The van der Waals surface area contributed by atoms with Crippen LogP contribution in [-0.2, 0) is 14.3 Å². The second-order valence-corrected chi connectivity index (χ2v) is 5.10. The first-order valence-electron chi connectivity index (χ1n) is 5.82. The van der Waals surface area contributed by atoms with Crippen LogP contribution < -0.4 is 5.32 Å². The molecule has 1 rings (SSSR count). The lowest BCUT2D eigenvalue weighted by Gasteiger charge is -2.41. The molecule has 0 aromatic heterocycles. The van der Waals surface area contributed by atoms with Crippen molar-refractivity contribution >= 4 is 11.8 Å². The van der Waals surface area contributed by atoms with E-state index in [0.29, 0.717) is 19.6 Å². The Kier molecular flexibility index (Phi) is 4.08. The van der Waals surface area contributed by atoms with Gasteiger partial charge in [-0.3, -0.25) is 14.9 Å². The Labute approximate surface area is 96.7 Å². The maximum absolute atomic E-state index is 11.8. The van der Waals surface area contributed by atoms with Crippen LogP contribution in [0.25, 0.3) is 0 Å². The van der Waals surface area contributed by atoms with E-state index in [1.54, 1.807) is 0 Å². The lowest BCUT2D eigenvalue weighted by atomic mass is 9.67. The Bertz CT molecular complexity index is 288. The molecule has 0 spiro atoms. The number of imide groups is 1. The number of carbonyl (C=O) groups is 2. The molecule has 1 heterocycles. The largest absolute Gasteiger partial charge is 0.381 e. The molecule has 2 atom stereocenters. The average molecular weight is 227 g/mol. The average Bonchev–Trinajstić information content (AvgIpc) is 2.12. The number of piperidine rings is 1. The number of rotatable bonds is 4. The molecule has 16 heavy (non-hydrogen) atoms. The number of hydrogen-bond acceptors (Lipinski definition) is 3. The van der Waals surface area contributed by atoms with E-state index in [1.807, 2.05) is 27.7 Å². The van der Waals surface area contributed by atoms with Gasteiger partial charge >= 0.3 is 0 Å². The third kappa shape index (κ3) is 2.61. The van der Waals surface area contributed by atoms with Gasteiger partial charge in [-0.15, -0.1) is 0 Å². The molecule has 0 bridgehead atoms. The molecule has 2 amide bonds. The van der Waals surface area contributed by atoms with E-state index in [1.165, 1.54) is 0 Å². The normalized spacial score (nSPS) is 30.7. The molecule has 0 aromatic rings. The second kappa shape index (κ2) is 4.95. The highest BCUT2D eigenvalue weighted by molar-refractivity contribution is 5.99. The predicted octanol–water partition coefficient (Wildman–Crippen LogP) is 1.35. The van der Waals surface area contributed by atoms with Crippen molar-refractivity contribution in [1.82, 2.24) is 5.32 Å². The Morgan fingerprint density at radius 3 is 2.62 bits per heavy atom. The zero-order chi connectivity index (χ0) is 12.3. The summed E-state index contributed by atoms with van der Waals surface area (Å²) in [7, 11) is 0. The summed E-state index contributed by atoms with van der Waals surface area (Å²) in [5.41, 5.74) is -0.371. The number of nitrogens with one attached hydrogen (secondary N) is 1. The van der Waals surface area contributed by atoms with Crippen LogP contribution in [0.5, 0.6) is 0 Å². The van der Waals surface area contributed by atoms with Crippen molar-refractivity contribution in [2.24, 2.45) is 17.3 Å². The Morgan fingerprint density at radius 1 is 1.50 bits per heavy atom. The van der Waals surface area contributed by atoms with E-state index in [-0.39, 0.29) is 29.1 Å². The molecule has 0 aromatic carbocycles. The van der Waals surface area contributed by atoms with Gasteiger partial charge in [0.05, 0.1) is 6.61 Å². The molecule has 1 aliphatic heterocycles. The van der Waals surface area contributed by atoms with Crippen LogP contribution in [-0.4, -0.2) is 25.0 Å². The molecule has 2 unspecified atom stereocenters. The minimum Gasteiger partial charge on any atom is -0.381 e. The third-order valence-electron chi connectivity index (χ3n) is 3.16. The highest BCUT2D eigenvalue weighted by Crippen LogP contribution is 2.39. The molecule has 1 fully saturated rings. The second-order valence-electron chi connectivity index (χ2n) is 5.10. The van der Waals surface area contributed by atoms with Gasteiger partial charge in [0.1, 0.15) is 0 Å². The number of hydrogen-bond donors (Lipinski definition) is 1. The highest BCUT2D eigenvalue weighted by atomic mass is 16.5. The predicted molar refractivity (Wildman–Crippen MR) is 60.7 cm³/mol. The van der Waals surface area contributed by atoms with Gasteiger partial charge in [0.25, 0.3) is 0 Å². The number of ether oxygens (including phenoxy) is 1. The van der Waals surface area contributed by atoms with E-state index in [9.17, 15) is 9.59 Å². The van der Waals surface area contributed by atoms with Gasteiger partial charge in [0.2, 0.25) is 11.8 Å². The quantitative estimate of drug-likeness (QED) is 0.737. The van der Waals surface area contributed by atoms with Crippen molar-refractivity contribution in [3.63, 3.8) is 0 Å². The fourth-order valence-electron chi connectivity index (χ4n) is 2.64. The minimum atomic E-state index is -0.371. The van der Waals surface area contributed by atoms with Crippen molar-refractivity contribution in [2.45, 2.75) is 34.1 Å².